The zero-order valence-corrected chi connectivity index (χ0v) is 21.7. The summed E-state index contributed by atoms with van der Waals surface area (Å²) in [6.07, 6.45) is 3.09. The number of hydrogen-bond donors (Lipinski definition) is 1. The second kappa shape index (κ2) is 10.5. The zero-order chi connectivity index (χ0) is 26.9. The van der Waals surface area contributed by atoms with Gasteiger partial charge in [0.2, 0.25) is 5.13 Å². The highest BCUT2D eigenvalue weighted by molar-refractivity contribution is 8.00. The van der Waals surface area contributed by atoms with E-state index in [4.69, 9.17) is 9.47 Å². The van der Waals surface area contributed by atoms with Gasteiger partial charge in [-0.1, -0.05) is 35.2 Å². The number of rotatable bonds is 6. The number of ether oxygens (including phenoxy) is 2. The van der Waals surface area contributed by atoms with Gasteiger partial charge in [-0.2, -0.15) is 0 Å². The fourth-order valence-electron chi connectivity index (χ4n) is 4.32. The fourth-order valence-corrected chi connectivity index (χ4v) is 6.14. The number of fused-ring (bicyclic) bond motifs is 1. The number of carbonyl (C=O) groups is 2. The van der Waals surface area contributed by atoms with Crippen LogP contribution in [0.3, 0.4) is 0 Å². The number of aliphatic hydroxyl groups excluding tert-OH is 1. The Kier molecular flexibility index (Phi) is 6.71. The molecule has 1 fully saturated rings. The summed E-state index contributed by atoms with van der Waals surface area (Å²) in [4.78, 5) is 32.0. The van der Waals surface area contributed by atoms with Crippen molar-refractivity contribution >= 4 is 45.7 Å². The molecule has 4 aromatic rings. The van der Waals surface area contributed by atoms with Gasteiger partial charge in [-0.3, -0.25) is 19.5 Å². The molecule has 1 atom stereocenters. The third kappa shape index (κ3) is 4.84. The molecule has 0 spiro atoms. The lowest BCUT2D eigenvalue weighted by Gasteiger charge is -2.22. The second-order valence-electron chi connectivity index (χ2n) is 8.57. The molecule has 12 heteroatoms. The molecule has 0 saturated carbocycles. The van der Waals surface area contributed by atoms with E-state index in [1.165, 1.54) is 28.8 Å². The van der Waals surface area contributed by atoms with Crippen LogP contribution in [0.4, 0.5) is 9.52 Å². The highest BCUT2D eigenvalue weighted by atomic mass is 32.2. The van der Waals surface area contributed by atoms with Crippen molar-refractivity contribution in [3.05, 3.63) is 95.1 Å². The van der Waals surface area contributed by atoms with Crippen molar-refractivity contribution in [3.8, 4) is 11.5 Å². The number of aromatic nitrogens is 3. The van der Waals surface area contributed by atoms with Gasteiger partial charge in [0.15, 0.2) is 15.8 Å². The first kappa shape index (κ1) is 25.0. The minimum absolute atomic E-state index is 0.0846. The predicted octanol–water partition coefficient (Wildman–Crippen LogP) is 4.76. The van der Waals surface area contributed by atoms with Crippen molar-refractivity contribution in [3.63, 3.8) is 0 Å². The number of carbonyl (C=O) groups excluding carboxylic acids is 2. The summed E-state index contributed by atoms with van der Waals surface area (Å²) >= 11 is 2.53. The van der Waals surface area contributed by atoms with Crippen molar-refractivity contribution in [1.29, 1.82) is 0 Å². The summed E-state index contributed by atoms with van der Waals surface area (Å²) < 4.78 is 25.0. The van der Waals surface area contributed by atoms with E-state index in [2.05, 4.69) is 15.2 Å². The van der Waals surface area contributed by atoms with Gasteiger partial charge < -0.3 is 14.6 Å². The van der Waals surface area contributed by atoms with Crippen molar-refractivity contribution in [1.82, 2.24) is 15.2 Å². The number of pyridine rings is 1. The largest absolute Gasteiger partial charge is 0.507 e. The Morgan fingerprint density at radius 3 is 2.54 bits per heavy atom. The summed E-state index contributed by atoms with van der Waals surface area (Å²) in [6, 6.07) is 13.4. The topological polar surface area (TPSA) is 115 Å². The Bertz CT molecular complexity index is 1590. The van der Waals surface area contributed by atoms with Gasteiger partial charge in [0.05, 0.1) is 11.6 Å². The van der Waals surface area contributed by atoms with E-state index in [1.807, 2.05) is 0 Å². The Morgan fingerprint density at radius 2 is 1.77 bits per heavy atom. The molecule has 39 heavy (non-hydrogen) atoms. The van der Waals surface area contributed by atoms with E-state index in [1.54, 1.807) is 54.9 Å². The van der Waals surface area contributed by atoms with Crippen LogP contribution in [0.2, 0.25) is 0 Å². The molecule has 0 radical (unpaired) electrons. The Balaban J connectivity index is 1.36. The molecule has 1 unspecified atom stereocenters. The number of nitrogens with zero attached hydrogens (tertiary/aromatic N) is 4. The summed E-state index contributed by atoms with van der Waals surface area (Å²) in [6.45, 7) is 0.772. The van der Waals surface area contributed by atoms with Crippen molar-refractivity contribution in [2.24, 2.45) is 0 Å². The highest BCUT2D eigenvalue weighted by Gasteiger charge is 2.48. The molecule has 196 valence electrons. The van der Waals surface area contributed by atoms with Gasteiger partial charge in [0, 0.05) is 23.7 Å². The minimum Gasteiger partial charge on any atom is -0.507 e. The third-order valence-corrected chi connectivity index (χ3v) is 8.29. The lowest BCUT2D eigenvalue weighted by Crippen LogP contribution is -2.29. The van der Waals surface area contributed by atoms with Gasteiger partial charge in [-0.15, -0.1) is 10.2 Å². The van der Waals surface area contributed by atoms with E-state index in [0.29, 0.717) is 45.9 Å². The number of halogens is 1. The van der Waals surface area contributed by atoms with E-state index in [0.717, 1.165) is 16.9 Å². The molecule has 2 aliphatic rings. The predicted molar refractivity (Wildman–Crippen MR) is 142 cm³/mol. The van der Waals surface area contributed by atoms with Crippen LogP contribution in [-0.4, -0.2) is 45.2 Å². The summed E-state index contributed by atoms with van der Waals surface area (Å²) in [5.74, 6) is -0.849. The molecule has 0 aliphatic carbocycles. The van der Waals surface area contributed by atoms with Crippen LogP contribution in [0.5, 0.6) is 11.5 Å². The maximum atomic E-state index is 13.4. The average Bonchev–Trinajstić information content (AvgIpc) is 3.54. The number of thioether (sulfide) groups is 1. The van der Waals surface area contributed by atoms with Crippen molar-refractivity contribution < 1.29 is 28.6 Å². The maximum absolute atomic E-state index is 13.4. The number of hydrogen-bond acceptors (Lipinski definition) is 10. The molecule has 1 amide bonds. The third-order valence-electron chi connectivity index (χ3n) is 6.16. The van der Waals surface area contributed by atoms with Crippen LogP contribution in [-0.2, 0) is 15.3 Å². The van der Waals surface area contributed by atoms with Crippen LogP contribution in [0.15, 0.2) is 76.9 Å². The number of amides is 1. The van der Waals surface area contributed by atoms with E-state index in [-0.39, 0.29) is 22.3 Å². The molecule has 2 aromatic heterocycles. The second-order valence-corrected chi connectivity index (χ2v) is 10.8. The maximum Gasteiger partial charge on any atom is 0.301 e. The van der Waals surface area contributed by atoms with Crippen LogP contribution in [0.1, 0.15) is 22.7 Å². The van der Waals surface area contributed by atoms with Gasteiger partial charge in [-0.05, 0) is 53.6 Å². The van der Waals surface area contributed by atoms with E-state index < -0.39 is 17.7 Å². The van der Waals surface area contributed by atoms with Crippen LogP contribution < -0.4 is 14.4 Å². The van der Waals surface area contributed by atoms with Crippen molar-refractivity contribution in [2.45, 2.75) is 16.1 Å². The van der Waals surface area contributed by atoms with Gasteiger partial charge in [0.25, 0.3) is 5.78 Å². The Labute approximate surface area is 229 Å². The lowest BCUT2D eigenvalue weighted by atomic mass is 9.96. The van der Waals surface area contributed by atoms with Gasteiger partial charge in [0.1, 0.15) is 24.8 Å². The molecule has 2 aliphatic heterocycles. The van der Waals surface area contributed by atoms with E-state index >= 15 is 0 Å². The molecular weight excluding hydrogens is 543 g/mol. The quantitative estimate of drug-likeness (QED) is 0.117. The zero-order valence-electron chi connectivity index (χ0n) is 20.1. The Morgan fingerprint density at radius 1 is 1.03 bits per heavy atom. The first-order valence-corrected chi connectivity index (χ1v) is 13.6. The fraction of sp³-hybridized carbons (Fsp3) is 0.148. The standard InChI is InChI=1S/C27H19FN4O5S2/c28-18-4-1-15(2-5-18)14-38-27-31-30-26(39-27)32-22(16-7-9-29-10-8-16)21(24(34)25(32)35)23(33)17-3-6-19-20(13-17)37-12-11-36-19/h1-10,13,22,33H,11-12,14H2/b23-21+. The molecule has 9 nitrogen and oxygen atoms in total. The van der Waals surface area contributed by atoms with Gasteiger partial charge >= 0.3 is 5.91 Å². The average molecular weight is 563 g/mol. The first-order valence-electron chi connectivity index (χ1n) is 11.8. The summed E-state index contributed by atoms with van der Waals surface area (Å²) in [7, 11) is 0. The smallest absolute Gasteiger partial charge is 0.301 e. The summed E-state index contributed by atoms with van der Waals surface area (Å²) in [5, 5.41) is 19.9. The molecule has 1 saturated heterocycles. The normalized spacial score (nSPS) is 18.0. The molecule has 2 aromatic carbocycles. The molecule has 0 bridgehead atoms. The van der Waals surface area contributed by atoms with Crippen LogP contribution in [0.25, 0.3) is 5.76 Å². The lowest BCUT2D eigenvalue weighted by molar-refractivity contribution is -0.132. The summed E-state index contributed by atoms with van der Waals surface area (Å²) in [5.41, 5.74) is 1.69. The SMILES string of the molecule is O=C1C(=O)N(c2nnc(SCc3ccc(F)cc3)s2)C(c2ccncc2)/C1=C(\O)c1ccc2c(c1)OCCO2. The number of ketones is 1. The van der Waals surface area contributed by atoms with Crippen molar-refractivity contribution in [2.75, 3.05) is 18.1 Å². The van der Waals surface area contributed by atoms with Crippen LogP contribution in [0, 0.1) is 5.82 Å². The van der Waals surface area contributed by atoms with E-state index in [9.17, 15) is 19.1 Å². The van der Waals surface area contributed by atoms with Crippen LogP contribution >= 0.6 is 23.1 Å². The number of benzene rings is 2. The molecule has 1 N–H and O–H groups in total. The minimum atomic E-state index is -0.955. The first-order chi connectivity index (χ1) is 19.0. The Hall–Kier alpha value is -4.29. The number of aliphatic hydroxyl groups is 1. The molecule has 6 rings (SSSR count). The van der Waals surface area contributed by atoms with Gasteiger partial charge in [-0.25, -0.2) is 4.39 Å². The molecular formula is C27H19FN4O5S2. The molecule has 4 heterocycles. The monoisotopic (exact) mass is 562 g/mol. The number of anilines is 1. The highest BCUT2D eigenvalue weighted by Crippen LogP contribution is 2.44. The number of Topliss-reactive ketones (excluding diaryl/α,β-unsaturated/α-hetero) is 1.